The molecule has 17 heavy (non-hydrogen) atoms. The third-order valence-electron chi connectivity index (χ3n) is 2.59. The molecule has 0 spiro atoms. The number of carbonyl (C=O) groups excluding carboxylic acids is 1. The average molecular weight is 275 g/mol. The van der Waals surface area contributed by atoms with Crippen LogP contribution in [0, 0.1) is 0 Å². The Labute approximate surface area is 112 Å². The molecular weight excluding hydrogens is 259 g/mol. The molecule has 1 rings (SSSR count). The summed E-state index contributed by atoms with van der Waals surface area (Å²) in [4.78, 5) is 13.3. The molecule has 1 unspecified atom stereocenters. The highest BCUT2D eigenvalue weighted by Gasteiger charge is 2.14. The van der Waals surface area contributed by atoms with Gasteiger partial charge in [-0.1, -0.05) is 29.3 Å². The maximum absolute atomic E-state index is 11.7. The number of nitrogens with one attached hydrogen (secondary N) is 1. The zero-order chi connectivity index (χ0) is 13.0. The molecule has 94 valence electrons. The minimum Gasteiger partial charge on any atom is -0.331 e. The van der Waals surface area contributed by atoms with E-state index in [-0.39, 0.29) is 12.1 Å². The smallest absolute Gasteiger partial charge is 0.317 e. The molecule has 1 atom stereocenters. The zero-order valence-corrected chi connectivity index (χ0v) is 11.6. The first-order chi connectivity index (χ1) is 7.95. The first-order valence-electron chi connectivity index (χ1n) is 5.42. The van der Waals surface area contributed by atoms with Crippen molar-refractivity contribution < 1.29 is 4.79 Å². The number of hydrogen-bond acceptors (Lipinski definition) is 1. The fourth-order valence-electron chi connectivity index (χ4n) is 1.37. The highest BCUT2D eigenvalue weighted by molar-refractivity contribution is 6.35. The molecule has 3 nitrogen and oxygen atoms in total. The Morgan fingerprint density at radius 2 is 2.12 bits per heavy atom. The van der Waals surface area contributed by atoms with E-state index >= 15 is 0 Å². The second kappa shape index (κ2) is 6.12. The van der Waals surface area contributed by atoms with Gasteiger partial charge in [0.1, 0.15) is 0 Å². The summed E-state index contributed by atoms with van der Waals surface area (Å²) < 4.78 is 0. The lowest BCUT2D eigenvalue weighted by atomic mass is 10.1. The molecular formula is C12H16Cl2N2O. The first-order valence-corrected chi connectivity index (χ1v) is 6.17. The lowest BCUT2D eigenvalue weighted by Crippen LogP contribution is -2.38. The molecule has 0 bridgehead atoms. The van der Waals surface area contributed by atoms with Gasteiger partial charge < -0.3 is 10.2 Å². The summed E-state index contributed by atoms with van der Waals surface area (Å²) in [6.07, 6.45) is 0. The number of carbonyl (C=O) groups is 1. The van der Waals surface area contributed by atoms with Gasteiger partial charge in [0.15, 0.2) is 0 Å². The van der Waals surface area contributed by atoms with Gasteiger partial charge in [-0.25, -0.2) is 4.79 Å². The summed E-state index contributed by atoms with van der Waals surface area (Å²) in [6, 6.07) is 4.98. The number of urea groups is 1. The SMILES string of the molecule is CCN(C)C(=O)NC(C)c1ccc(Cl)cc1Cl. The third kappa shape index (κ3) is 3.79. The molecule has 1 N–H and O–H groups in total. The second-order valence-corrected chi connectivity index (χ2v) is 4.69. The van der Waals surface area contributed by atoms with Crippen LogP contribution in [0.4, 0.5) is 4.79 Å². The Morgan fingerprint density at radius 3 is 2.65 bits per heavy atom. The molecule has 0 aliphatic rings. The maximum Gasteiger partial charge on any atom is 0.317 e. The second-order valence-electron chi connectivity index (χ2n) is 3.85. The molecule has 0 aliphatic carbocycles. The van der Waals surface area contributed by atoms with Crippen LogP contribution in [0.2, 0.25) is 10.0 Å². The van der Waals surface area contributed by atoms with Crippen molar-refractivity contribution in [2.75, 3.05) is 13.6 Å². The molecule has 0 aliphatic heterocycles. The number of nitrogens with zero attached hydrogens (tertiary/aromatic N) is 1. The van der Waals surface area contributed by atoms with Crippen molar-refractivity contribution in [1.29, 1.82) is 0 Å². The predicted molar refractivity (Wildman–Crippen MR) is 71.7 cm³/mol. The molecule has 0 fully saturated rings. The van der Waals surface area contributed by atoms with Gasteiger partial charge in [-0.05, 0) is 31.5 Å². The molecule has 1 aromatic rings. The van der Waals surface area contributed by atoms with Gasteiger partial charge in [0.25, 0.3) is 0 Å². The van der Waals surface area contributed by atoms with Crippen molar-refractivity contribution in [1.82, 2.24) is 10.2 Å². The fourth-order valence-corrected chi connectivity index (χ4v) is 1.94. The van der Waals surface area contributed by atoms with Crippen molar-refractivity contribution in [2.24, 2.45) is 0 Å². The van der Waals surface area contributed by atoms with E-state index in [9.17, 15) is 4.79 Å². The van der Waals surface area contributed by atoms with Crippen LogP contribution in [0.3, 0.4) is 0 Å². The van der Waals surface area contributed by atoms with Gasteiger partial charge in [0, 0.05) is 23.6 Å². The normalized spacial score (nSPS) is 12.1. The monoisotopic (exact) mass is 274 g/mol. The van der Waals surface area contributed by atoms with Crippen LogP contribution in [0.1, 0.15) is 25.5 Å². The van der Waals surface area contributed by atoms with Crippen molar-refractivity contribution in [3.63, 3.8) is 0 Å². The average Bonchev–Trinajstić information content (AvgIpc) is 2.27. The minimum atomic E-state index is -0.152. The lowest BCUT2D eigenvalue weighted by molar-refractivity contribution is 0.208. The molecule has 1 aromatic carbocycles. The number of rotatable bonds is 3. The molecule has 0 aromatic heterocycles. The summed E-state index contributed by atoms with van der Waals surface area (Å²) in [6.45, 7) is 4.46. The van der Waals surface area contributed by atoms with Gasteiger partial charge >= 0.3 is 6.03 Å². The topological polar surface area (TPSA) is 32.3 Å². The predicted octanol–water partition coefficient (Wildman–Crippen LogP) is 3.72. The Hall–Kier alpha value is -0.930. The van der Waals surface area contributed by atoms with Crippen molar-refractivity contribution in [2.45, 2.75) is 19.9 Å². The van der Waals surface area contributed by atoms with E-state index in [0.717, 1.165) is 5.56 Å². The number of halogens is 2. The molecule has 2 amide bonds. The van der Waals surface area contributed by atoms with Gasteiger partial charge in [-0.2, -0.15) is 0 Å². The summed E-state index contributed by atoms with van der Waals surface area (Å²) >= 11 is 11.9. The largest absolute Gasteiger partial charge is 0.331 e. The number of hydrogen-bond donors (Lipinski definition) is 1. The molecule has 0 saturated carbocycles. The van der Waals surface area contributed by atoms with Crippen LogP contribution in [0.15, 0.2) is 18.2 Å². The van der Waals surface area contributed by atoms with Gasteiger partial charge in [0.2, 0.25) is 0 Å². The van der Waals surface area contributed by atoms with Crippen molar-refractivity contribution >= 4 is 29.2 Å². The standard InChI is InChI=1S/C12H16Cl2N2O/c1-4-16(3)12(17)15-8(2)10-6-5-9(13)7-11(10)14/h5-8H,4H2,1-3H3,(H,15,17). The van der Waals surface area contributed by atoms with Crippen LogP contribution in [0.5, 0.6) is 0 Å². The Morgan fingerprint density at radius 1 is 1.47 bits per heavy atom. The van der Waals surface area contributed by atoms with E-state index in [1.807, 2.05) is 19.9 Å². The van der Waals surface area contributed by atoms with E-state index in [0.29, 0.717) is 16.6 Å². The Kier molecular flexibility index (Phi) is 5.09. The summed E-state index contributed by atoms with van der Waals surface area (Å²) in [5, 5.41) is 4.01. The van der Waals surface area contributed by atoms with Crippen LogP contribution >= 0.6 is 23.2 Å². The van der Waals surface area contributed by atoms with Crippen LogP contribution in [0.25, 0.3) is 0 Å². The maximum atomic E-state index is 11.7. The lowest BCUT2D eigenvalue weighted by Gasteiger charge is -2.21. The summed E-state index contributed by atoms with van der Waals surface area (Å²) in [5.41, 5.74) is 0.855. The fraction of sp³-hybridized carbons (Fsp3) is 0.417. The van der Waals surface area contributed by atoms with E-state index in [4.69, 9.17) is 23.2 Å². The molecule has 0 radical (unpaired) electrons. The van der Waals surface area contributed by atoms with E-state index in [1.54, 1.807) is 24.1 Å². The minimum absolute atomic E-state index is 0.119. The van der Waals surface area contributed by atoms with Crippen molar-refractivity contribution in [3.05, 3.63) is 33.8 Å². The molecule has 5 heteroatoms. The highest BCUT2D eigenvalue weighted by Crippen LogP contribution is 2.26. The van der Waals surface area contributed by atoms with Crippen LogP contribution in [-0.4, -0.2) is 24.5 Å². The van der Waals surface area contributed by atoms with Gasteiger partial charge in [0.05, 0.1) is 6.04 Å². The van der Waals surface area contributed by atoms with Crippen LogP contribution in [-0.2, 0) is 0 Å². The molecule has 0 saturated heterocycles. The highest BCUT2D eigenvalue weighted by atomic mass is 35.5. The Balaban J connectivity index is 2.76. The summed E-state index contributed by atoms with van der Waals surface area (Å²) in [7, 11) is 1.74. The van der Waals surface area contributed by atoms with E-state index in [2.05, 4.69) is 5.32 Å². The molecule has 0 heterocycles. The third-order valence-corrected chi connectivity index (χ3v) is 3.15. The quantitative estimate of drug-likeness (QED) is 0.895. The van der Waals surface area contributed by atoms with Crippen molar-refractivity contribution in [3.8, 4) is 0 Å². The number of amides is 2. The Bertz CT molecular complexity index is 409. The number of benzene rings is 1. The van der Waals surface area contributed by atoms with E-state index in [1.165, 1.54) is 0 Å². The van der Waals surface area contributed by atoms with Gasteiger partial charge in [-0.3, -0.25) is 0 Å². The summed E-state index contributed by atoms with van der Waals surface area (Å²) in [5.74, 6) is 0. The van der Waals surface area contributed by atoms with E-state index < -0.39 is 0 Å². The van der Waals surface area contributed by atoms with Crippen LogP contribution < -0.4 is 5.32 Å². The first kappa shape index (κ1) is 14.1. The zero-order valence-electron chi connectivity index (χ0n) is 10.1. The van der Waals surface area contributed by atoms with Gasteiger partial charge in [-0.15, -0.1) is 0 Å².